The molecule has 3 aliphatic rings. The van der Waals surface area contributed by atoms with Crippen LogP contribution in [0.25, 0.3) is 0 Å². The lowest BCUT2D eigenvalue weighted by atomic mass is 9.86. The number of hydrogen-bond acceptors (Lipinski definition) is 2. The van der Waals surface area contributed by atoms with E-state index in [9.17, 15) is 9.59 Å². The average Bonchev–Trinajstić information content (AvgIpc) is 2.70. The number of carbonyl (C=O) groups excluding carboxylic acids is 2. The van der Waals surface area contributed by atoms with Crippen molar-refractivity contribution < 1.29 is 9.59 Å². The second kappa shape index (κ2) is 2.60. The van der Waals surface area contributed by atoms with E-state index in [4.69, 9.17) is 0 Å². The summed E-state index contributed by atoms with van der Waals surface area (Å²) in [6, 6.07) is 0. The zero-order chi connectivity index (χ0) is 10.8. The van der Waals surface area contributed by atoms with Crippen molar-refractivity contribution in [2.75, 3.05) is 0 Å². The Morgan fingerprint density at radius 2 is 1.93 bits per heavy atom. The highest BCUT2D eigenvalue weighted by atomic mass is 16.1. The molecule has 15 heavy (non-hydrogen) atoms. The lowest BCUT2D eigenvalue weighted by molar-refractivity contribution is -0.128. The fourth-order valence-corrected chi connectivity index (χ4v) is 3.72. The Labute approximate surface area is 89.7 Å². The SMILES string of the molecule is CC1(C)C[C@@H]2CC3=C(C(=O)CC3)[C@@H]2C1=O. The number of ketones is 2. The van der Waals surface area contributed by atoms with E-state index in [-0.39, 0.29) is 17.1 Å². The minimum atomic E-state index is -0.198. The molecule has 3 rings (SSSR count). The molecule has 2 heteroatoms. The van der Waals surface area contributed by atoms with Crippen LogP contribution in [0.5, 0.6) is 0 Å². The lowest BCUT2D eigenvalue weighted by Gasteiger charge is -2.16. The largest absolute Gasteiger partial charge is 0.298 e. The Balaban J connectivity index is 2.03. The number of carbonyl (C=O) groups is 2. The summed E-state index contributed by atoms with van der Waals surface area (Å²) in [6.07, 6.45) is 3.56. The van der Waals surface area contributed by atoms with Crippen molar-refractivity contribution in [1.82, 2.24) is 0 Å². The maximum atomic E-state index is 12.2. The molecule has 1 fully saturated rings. The van der Waals surface area contributed by atoms with Gasteiger partial charge >= 0.3 is 0 Å². The number of Topliss-reactive ketones (excluding diaryl/α,β-unsaturated/α-hetero) is 2. The second-order valence-electron chi connectivity index (χ2n) is 5.83. The molecule has 3 aliphatic carbocycles. The van der Waals surface area contributed by atoms with Gasteiger partial charge in [-0.15, -0.1) is 0 Å². The van der Waals surface area contributed by atoms with E-state index in [1.807, 2.05) is 13.8 Å². The first-order valence-electron chi connectivity index (χ1n) is 5.80. The van der Waals surface area contributed by atoms with Gasteiger partial charge in [-0.1, -0.05) is 19.4 Å². The first-order valence-corrected chi connectivity index (χ1v) is 5.80. The molecule has 0 aromatic heterocycles. The van der Waals surface area contributed by atoms with Crippen LogP contribution in [0.3, 0.4) is 0 Å². The van der Waals surface area contributed by atoms with Gasteiger partial charge in [-0.25, -0.2) is 0 Å². The van der Waals surface area contributed by atoms with Gasteiger partial charge in [0.1, 0.15) is 5.78 Å². The van der Waals surface area contributed by atoms with Crippen LogP contribution in [-0.4, -0.2) is 11.6 Å². The predicted molar refractivity (Wildman–Crippen MR) is 56.3 cm³/mol. The van der Waals surface area contributed by atoms with Gasteiger partial charge in [-0.2, -0.15) is 0 Å². The number of allylic oxidation sites excluding steroid dienone is 2. The molecule has 2 atom stereocenters. The van der Waals surface area contributed by atoms with Crippen LogP contribution >= 0.6 is 0 Å². The summed E-state index contributed by atoms with van der Waals surface area (Å²) in [5.41, 5.74) is 2.03. The molecule has 0 heterocycles. The second-order valence-corrected chi connectivity index (χ2v) is 5.83. The Morgan fingerprint density at radius 3 is 2.67 bits per heavy atom. The molecule has 0 bridgehead atoms. The van der Waals surface area contributed by atoms with Crippen LogP contribution in [0.2, 0.25) is 0 Å². The van der Waals surface area contributed by atoms with Crippen LogP contribution in [-0.2, 0) is 9.59 Å². The smallest absolute Gasteiger partial charge is 0.159 e. The molecule has 0 N–H and O–H groups in total. The number of hydrogen-bond donors (Lipinski definition) is 0. The summed E-state index contributed by atoms with van der Waals surface area (Å²) < 4.78 is 0. The molecule has 0 spiro atoms. The molecule has 0 aromatic rings. The third-order valence-electron chi connectivity index (χ3n) is 4.35. The van der Waals surface area contributed by atoms with Gasteiger partial charge in [0.25, 0.3) is 0 Å². The fraction of sp³-hybridized carbons (Fsp3) is 0.692. The van der Waals surface area contributed by atoms with Crippen LogP contribution in [0.15, 0.2) is 11.1 Å². The van der Waals surface area contributed by atoms with E-state index in [0.29, 0.717) is 18.1 Å². The third kappa shape index (κ3) is 1.05. The molecule has 0 amide bonds. The summed E-state index contributed by atoms with van der Waals surface area (Å²) in [5.74, 6) is 0.989. The van der Waals surface area contributed by atoms with Gasteiger partial charge in [0, 0.05) is 23.3 Å². The van der Waals surface area contributed by atoms with E-state index >= 15 is 0 Å². The molecule has 0 saturated heterocycles. The highest BCUT2D eigenvalue weighted by Crippen LogP contribution is 2.55. The Hall–Kier alpha value is -0.920. The average molecular weight is 204 g/mol. The molecule has 1 saturated carbocycles. The maximum absolute atomic E-state index is 12.2. The molecule has 0 radical (unpaired) electrons. The maximum Gasteiger partial charge on any atom is 0.159 e. The fourth-order valence-electron chi connectivity index (χ4n) is 3.72. The van der Waals surface area contributed by atoms with Crippen molar-refractivity contribution in [1.29, 1.82) is 0 Å². The molecule has 0 unspecified atom stereocenters. The van der Waals surface area contributed by atoms with Crippen molar-refractivity contribution in [2.45, 2.75) is 39.5 Å². The first-order chi connectivity index (χ1) is 7.00. The number of fused-ring (bicyclic) bond motifs is 2. The zero-order valence-corrected chi connectivity index (χ0v) is 9.30. The highest BCUT2D eigenvalue weighted by Gasteiger charge is 2.54. The van der Waals surface area contributed by atoms with Gasteiger partial charge < -0.3 is 0 Å². The van der Waals surface area contributed by atoms with Crippen LogP contribution in [0.1, 0.15) is 39.5 Å². The molecular formula is C13H16O2. The van der Waals surface area contributed by atoms with E-state index in [1.54, 1.807) is 0 Å². The zero-order valence-electron chi connectivity index (χ0n) is 9.30. The van der Waals surface area contributed by atoms with Crippen LogP contribution < -0.4 is 0 Å². The predicted octanol–water partition coefficient (Wildman–Crippen LogP) is 2.28. The minimum Gasteiger partial charge on any atom is -0.298 e. The van der Waals surface area contributed by atoms with Gasteiger partial charge in [-0.3, -0.25) is 9.59 Å². The van der Waals surface area contributed by atoms with Crippen molar-refractivity contribution >= 4 is 11.6 Å². The summed E-state index contributed by atoms with van der Waals surface area (Å²) in [6.45, 7) is 4.04. The third-order valence-corrected chi connectivity index (χ3v) is 4.35. The monoisotopic (exact) mass is 204 g/mol. The first kappa shape index (κ1) is 9.32. The molecule has 0 aliphatic heterocycles. The van der Waals surface area contributed by atoms with Crippen molar-refractivity contribution in [2.24, 2.45) is 17.3 Å². The lowest BCUT2D eigenvalue weighted by Crippen LogP contribution is -2.24. The minimum absolute atomic E-state index is 0.0231. The van der Waals surface area contributed by atoms with E-state index in [1.165, 1.54) is 5.57 Å². The summed E-state index contributed by atoms with van der Waals surface area (Å²) in [5, 5.41) is 0. The Morgan fingerprint density at radius 1 is 1.20 bits per heavy atom. The topological polar surface area (TPSA) is 34.1 Å². The summed E-state index contributed by atoms with van der Waals surface area (Å²) >= 11 is 0. The highest BCUT2D eigenvalue weighted by molar-refractivity contribution is 6.07. The number of rotatable bonds is 0. The van der Waals surface area contributed by atoms with Gasteiger partial charge in [0.15, 0.2) is 5.78 Å². The molecule has 0 aromatic carbocycles. The Bertz CT molecular complexity index is 401. The van der Waals surface area contributed by atoms with Gasteiger partial charge in [-0.05, 0) is 25.2 Å². The van der Waals surface area contributed by atoms with E-state index < -0.39 is 0 Å². The van der Waals surface area contributed by atoms with Crippen LogP contribution in [0.4, 0.5) is 0 Å². The van der Waals surface area contributed by atoms with E-state index in [0.717, 1.165) is 24.8 Å². The molecular weight excluding hydrogens is 188 g/mol. The Kier molecular flexibility index (Phi) is 1.62. The quantitative estimate of drug-likeness (QED) is 0.606. The molecule has 2 nitrogen and oxygen atoms in total. The van der Waals surface area contributed by atoms with E-state index in [2.05, 4.69) is 0 Å². The van der Waals surface area contributed by atoms with Crippen molar-refractivity contribution in [3.05, 3.63) is 11.1 Å². The van der Waals surface area contributed by atoms with Crippen LogP contribution in [0, 0.1) is 17.3 Å². The van der Waals surface area contributed by atoms with Gasteiger partial charge in [0.05, 0.1) is 0 Å². The standard InChI is InChI=1S/C13H16O2/c1-13(2)6-8-5-7-3-4-9(14)10(7)11(8)12(13)15/h8,11H,3-6H2,1-2H3/t8-,11+/m0/s1. The molecule has 80 valence electrons. The summed E-state index contributed by atoms with van der Waals surface area (Å²) in [4.78, 5) is 24.0. The van der Waals surface area contributed by atoms with Crippen molar-refractivity contribution in [3.63, 3.8) is 0 Å². The van der Waals surface area contributed by atoms with Gasteiger partial charge in [0.2, 0.25) is 0 Å². The van der Waals surface area contributed by atoms with Crippen molar-refractivity contribution in [3.8, 4) is 0 Å². The summed E-state index contributed by atoms with van der Waals surface area (Å²) in [7, 11) is 0. The normalized spacial score (nSPS) is 37.5.